The molecule has 0 bridgehead atoms. The van der Waals surface area contributed by atoms with Gasteiger partial charge in [-0.3, -0.25) is 4.79 Å². The first-order chi connectivity index (χ1) is 13.8. The van der Waals surface area contributed by atoms with E-state index in [-0.39, 0.29) is 19.0 Å². The number of alkyl halides is 3. The van der Waals surface area contributed by atoms with Crippen LogP contribution in [0.2, 0.25) is 0 Å². The lowest BCUT2D eigenvalue weighted by Crippen LogP contribution is -2.26. The quantitative estimate of drug-likeness (QED) is 0.746. The zero-order valence-corrected chi connectivity index (χ0v) is 15.3. The van der Waals surface area contributed by atoms with Crippen LogP contribution in [0.25, 0.3) is 5.57 Å². The second kappa shape index (κ2) is 7.44. The summed E-state index contributed by atoms with van der Waals surface area (Å²) in [5.41, 5.74) is 1.51. The standard InChI is InChI=1S/C21H18F3NO4/c22-21(23,24)13-4-5-15-12(6-7-28-19(15)9-13)8-20(27)25-17-2-1-3-18-16(17)10-14(26)11-29-18/h1-5,8-9,14,26H,6-7,10-11H2,(H,25,27)/b12-8+. The van der Waals surface area contributed by atoms with Crippen molar-refractivity contribution in [3.05, 3.63) is 59.2 Å². The first kappa shape index (κ1) is 19.3. The predicted molar refractivity (Wildman–Crippen MR) is 99.8 cm³/mol. The predicted octanol–water partition coefficient (Wildman–Crippen LogP) is 3.81. The van der Waals surface area contributed by atoms with Crippen LogP contribution < -0.4 is 14.8 Å². The Hall–Kier alpha value is -3.00. The number of hydrogen-bond donors (Lipinski definition) is 2. The van der Waals surface area contributed by atoms with Crippen molar-refractivity contribution in [2.75, 3.05) is 18.5 Å². The Balaban J connectivity index is 1.58. The minimum Gasteiger partial charge on any atom is -0.493 e. The van der Waals surface area contributed by atoms with E-state index in [1.165, 1.54) is 12.1 Å². The van der Waals surface area contributed by atoms with Gasteiger partial charge in [-0.2, -0.15) is 13.2 Å². The van der Waals surface area contributed by atoms with Crippen LogP contribution in [0.5, 0.6) is 11.5 Å². The molecule has 8 heteroatoms. The van der Waals surface area contributed by atoms with Crippen LogP contribution in [0.15, 0.2) is 42.5 Å². The maximum absolute atomic E-state index is 12.9. The molecule has 1 amide bonds. The highest BCUT2D eigenvalue weighted by atomic mass is 19.4. The van der Waals surface area contributed by atoms with Crippen LogP contribution in [0, 0.1) is 0 Å². The Morgan fingerprint density at radius 1 is 1.17 bits per heavy atom. The smallest absolute Gasteiger partial charge is 0.416 e. The van der Waals surface area contributed by atoms with Gasteiger partial charge in [0.1, 0.15) is 18.1 Å². The lowest BCUT2D eigenvalue weighted by molar-refractivity contribution is -0.137. The van der Waals surface area contributed by atoms with Crippen molar-refractivity contribution in [2.24, 2.45) is 0 Å². The Kier molecular flexibility index (Phi) is 4.96. The number of nitrogens with one attached hydrogen (secondary N) is 1. The average Bonchev–Trinajstić information content (AvgIpc) is 2.67. The summed E-state index contributed by atoms with van der Waals surface area (Å²) in [6, 6.07) is 8.47. The number of halogens is 3. The van der Waals surface area contributed by atoms with Crippen molar-refractivity contribution in [2.45, 2.75) is 25.1 Å². The number of aliphatic hydroxyl groups excluding tert-OH is 1. The maximum Gasteiger partial charge on any atom is 0.416 e. The summed E-state index contributed by atoms with van der Waals surface area (Å²) < 4.78 is 49.6. The van der Waals surface area contributed by atoms with Gasteiger partial charge in [0.15, 0.2) is 0 Å². The molecule has 0 saturated carbocycles. The highest BCUT2D eigenvalue weighted by molar-refractivity contribution is 6.05. The number of aliphatic hydroxyl groups is 1. The zero-order chi connectivity index (χ0) is 20.6. The van der Waals surface area contributed by atoms with E-state index in [1.807, 2.05) is 0 Å². The van der Waals surface area contributed by atoms with E-state index in [4.69, 9.17) is 9.47 Å². The molecule has 0 aromatic heterocycles. The van der Waals surface area contributed by atoms with Crippen molar-refractivity contribution >= 4 is 17.2 Å². The van der Waals surface area contributed by atoms with Crippen molar-refractivity contribution in [1.82, 2.24) is 0 Å². The number of ether oxygens (including phenoxy) is 2. The molecule has 1 unspecified atom stereocenters. The van der Waals surface area contributed by atoms with Crippen LogP contribution in [0.1, 0.15) is 23.1 Å². The molecule has 2 aromatic carbocycles. The summed E-state index contributed by atoms with van der Waals surface area (Å²) in [7, 11) is 0. The fourth-order valence-corrected chi connectivity index (χ4v) is 3.48. The van der Waals surface area contributed by atoms with E-state index in [1.54, 1.807) is 18.2 Å². The number of anilines is 1. The van der Waals surface area contributed by atoms with Crippen molar-refractivity contribution < 1.29 is 32.5 Å². The van der Waals surface area contributed by atoms with Crippen LogP contribution >= 0.6 is 0 Å². The van der Waals surface area contributed by atoms with E-state index in [0.717, 1.165) is 12.1 Å². The molecular weight excluding hydrogens is 387 g/mol. The highest BCUT2D eigenvalue weighted by Crippen LogP contribution is 2.38. The molecule has 1 atom stereocenters. The molecule has 0 radical (unpaired) electrons. The summed E-state index contributed by atoms with van der Waals surface area (Å²) in [6.45, 7) is 0.388. The number of fused-ring (bicyclic) bond motifs is 2. The second-order valence-electron chi connectivity index (χ2n) is 6.92. The summed E-state index contributed by atoms with van der Waals surface area (Å²) >= 11 is 0. The average molecular weight is 405 g/mol. The fourth-order valence-electron chi connectivity index (χ4n) is 3.48. The molecule has 2 N–H and O–H groups in total. The molecule has 0 aliphatic carbocycles. The van der Waals surface area contributed by atoms with Crippen molar-refractivity contribution in [1.29, 1.82) is 0 Å². The molecular formula is C21H18F3NO4. The van der Waals surface area contributed by atoms with E-state index in [2.05, 4.69) is 5.32 Å². The monoisotopic (exact) mass is 405 g/mol. The van der Waals surface area contributed by atoms with Crippen LogP contribution in [-0.2, 0) is 17.4 Å². The molecule has 0 fully saturated rings. The van der Waals surface area contributed by atoms with Crippen LogP contribution in [0.4, 0.5) is 18.9 Å². The van der Waals surface area contributed by atoms with Gasteiger partial charge in [0.2, 0.25) is 5.91 Å². The minimum absolute atomic E-state index is 0.110. The lowest BCUT2D eigenvalue weighted by atomic mass is 9.97. The number of benzene rings is 2. The largest absolute Gasteiger partial charge is 0.493 e. The van der Waals surface area contributed by atoms with Crippen molar-refractivity contribution in [3.8, 4) is 11.5 Å². The number of hydrogen-bond acceptors (Lipinski definition) is 4. The number of rotatable bonds is 2. The van der Waals surface area contributed by atoms with Gasteiger partial charge in [0.25, 0.3) is 0 Å². The van der Waals surface area contributed by atoms with Gasteiger partial charge < -0.3 is 19.9 Å². The molecule has 2 aliphatic heterocycles. The molecule has 0 spiro atoms. The minimum atomic E-state index is -4.46. The molecule has 2 aliphatic rings. The third kappa shape index (κ3) is 4.07. The summed E-state index contributed by atoms with van der Waals surface area (Å²) in [5, 5.41) is 12.6. The van der Waals surface area contributed by atoms with Gasteiger partial charge in [0, 0.05) is 35.7 Å². The molecule has 152 valence electrons. The van der Waals surface area contributed by atoms with Gasteiger partial charge in [-0.25, -0.2) is 0 Å². The SMILES string of the molecule is O=C(/C=C1\CCOc2cc(C(F)(F)F)ccc21)Nc1cccc2c1CC(O)CO2. The number of carbonyl (C=O) groups is 1. The molecule has 2 aromatic rings. The normalized spacial score (nSPS) is 19.6. The topological polar surface area (TPSA) is 67.8 Å². The van der Waals surface area contributed by atoms with E-state index < -0.39 is 23.8 Å². The fraction of sp³-hybridized carbons (Fsp3) is 0.286. The first-order valence-corrected chi connectivity index (χ1v) is 9.10. The maximum atomic E-state index is 12.9. The second-order valence-corrected chi connectivity index (χ2v) is 6.92. The summed E-state index contributed by atoms with van der Waals surface area (Å²) in [5.74, 6) is 0.303. The Bertz CT molecular complexity index is 984. The third-order valence-electron chi connectivity index (χ3n) is 4.85. The summed E-state index contributed by atoms with van der Waals surface area (Å²) in [4.78, 5) is 12.6. The zero-order valence-electron chi connectivity index (χ0n) is 15.3. The summed E-state index contributed by atoms with van der Waals surface area (Å²) in [6.07, 6.45) is -2.98. The molecule has 0 saturated heterocycles. The Morgan fingerprint density at radius 2 is 2.00 bits per heavy atom. The lowest BCUT2D eigenvalue weighted by Gasteiger charge is -2.24. The van der Waals surface area contributed by atoms with Gasteiger partial charge in [0.05, 0.1) is 18.3 Å². The third-order valence-corrected chi connectivity index (χ3v) is 4.85. The number of amides is 1. The Morgan fingerprint density at radius 3 is 2.79 bits per heavy atom. The molecule has 5 nitrogen and oxygen atoms in total. The van der Waals surface area contributed by atoms with Crippen molar-refractivity contribution in [3.63, 3.8) is 0 Å². The van der Waals surface area contributed by atoms with Gasteiger partial charge in [-0.1, -0.05) is 12.1 Å². The number of carbonyl (C=O) groups excluding carboxylic acids is 1. The molecule has 4 rings (SSSR count). The van der Waals surface area contributed by atoms with E-state index >= 15 is 0 Å². The van der Waals surface area contributed by atoms with Gasteiger partial charge in [-0.15, -0.1) is 0 Å². The molecule has 29 heavy (non-hydrogen) atoms. The van der Waals surface area contributed by atoms with E-state index in [0.29, 0.717) is 41.0 Å². The highest BCUT2D eigenvalue weighted by Gasteiger charge is 2.32. The van der Waals surface area contributed by atoms with E-state index in [9.17, 15) is 23.1 Å². The Labute approximate surface area is 164 Å². The molecule has 2 heterocycles. The first-order valence-electron chi connectivity index (χ1n) is 9.10. The van der Waals surface area contributed by atoms with Crippen LogP contribution in [-0.4, -0.2) is 30.3 Å². The van der Waals surface area contributed by atoms with Crippen LogP contribution in [0.3, 0.4) is 0 Å². The van der Waals surface area contributed by atoms with Gasteiger partial charge >= 0.3 is 6.18 Å². The van der Waals surface area contributed by atoms with Gasteiger partial charge in [-0.05, 0) is 29.8 Å².